The zero-order valence-corrected chi connectivity index (χ0v) is 26.7. The molecule has 198 valence electrons. The van der Waals surface area contributed by atoms with Crippen molar-refractivity contribution >= 4 is 38.7 Å². The number of likely N-dealkylation sites (N-methyl/N-ethyl adjacent to an activating group) is 1. The van der Waals surface area contributed by atoms with Crippen molar-refractivity contribution < 1.29 is 9.90 Å². The van der Waals surface area contributed by atoms with Gasteiger partial charge in [-0.25, -0.2) is 0 Å². The summed E-state index contributed by atoms with van der Waals surface area (Å²) in [5.41, 5.74) is 4.97. The van der Waals surface area contributed by atoms with Gasteiger partial charge in [0, 0.05) is 0 Å². The predicted octanol–water partition coefficient (Wildman–Crippen LogP) is 9.27. The molecule has 3 aromatic rings. The van der Waals surface area contributed by atoms with Crippen LogP contribution in [0.25, 0.3) is 11.1 Å². The molecule has 0 fully saturated rings. The first-order chi connectivity index (χ1) is 18.0. The molecular weight excluding hydrogens is 581 g/mol. The molecule has 5 heteroatoms. The van der Waals surface area contributed by atoms with Crippen molar-refractivity contribution in [3.63, 3.8) is 0 Å². The number of fused-ring (bicyclic) bond motifs is 3. The van der Waals surface area contributed by atoms with Gasteiger partial charge in [-0.2, -0.15) is 0 Å². The van der Waals surface area contributed by atoms with Crippen LogP contribution in [-0.4, -0.2) is 41.5 Å². The number of hydrogen-bond acceptors (Lipinski definition) is 2. The standard InChI is InChI=1S/C20H16NO2S.3C4H9.Sn/c1-21(20(22)23)19(17-11-6-12-24-17)18-15-9-4-2-7-13(15)14-8-3-5-10-16(14)18;3*1-3-4-2;/h2-11,18-19H,1H3,(H,22,23);3*1,3-4H2,2H3;. The van der Waals surface area contributed by atoms with E-state index in [0.29, 0.717) is 0 Å². The monoisotopic (exact) mass is 625 g/mol. The zero-order valence-electron chi connectivity index (χ0n) is 23.0. The summed E-state index contributed by atoms with van der Waals surface area (Å²) in [7, 11) is 1.76. The van der Waals surface area contributed by atoms with Crippen molar-refractivity contribution in [2.24, 2.45) is 0 Å². The number of unbranched alkanes of at least 4 members (excludes halogenated alkanes) is 3. The van der Waals surface area contributed by atoms with Crippen molar-refractivity contribution in [3.05, 3.63) is 76.7 Å². The maximum atomic E-state index is 12.5. The molecule has 37 heavy (non-hydrogen) atoms. The number of thiophene rings is 1. The van der Waals surface area contributed by atoms with Gasteiger partial charge in [-0.1, -0.05) is 0 Å². The Labute approximate surface area is 231 Å². The van der Waals surface area contributed by atoms with E-state index in [1.165, 1.54) is 79.0 Å². The van der Waals surface area contributed by atoms with Crippen LogP contribution in [0.3, 0.4) is 0 Å². The van der Waals surface area contributed by atoms with Gasteiger partial charge in [0.25, 0.3) is 0 Å². The van der Waals surface area contributed by atoms with Gasteiger partial charge in [0.05, 0.1) is 0 Å². The van der Waals surface area contributed by atoms with Crippen LogP contribution in [0.1, 0.15) is 87.3 Å². The molecule has 0 bridgehead atoms. The van der Waals surface area contributed by atoms with Gasteiger partial charge in [0.2, 0.25) is 0 Å². The number of nitrogens with zero attached hydrogens (tertiary/aromatic N) is 1. The fourth-order valence-electron chi connectivity index (χ4n) is 6.32. The third-order valence-corrected chi connectivity index (χ3v) is 27.8. The minimum atomic E-state index is -2.60. The van der Waals surface area contributed by atoms with E-state index in [-0.39, 0.29) is 12.0 Å². The molecule has 4 rings (SSSR count). The van der Waals surface area contributed by atoms with Crippen LogP contribution in [0.15, 0.2) is 60.7 Å². The van der Waals surface area contributed by atoms with Crippen molar-refractivity contribution in [3.8, 4) is 11.1 Å². The van der Waals surface area contributed by atoms with Crippen molar-refractivity contribution in [1.29, 1.82) is 0 Å². The van der Waals surface area contributed by atoms with E-state index in [0.717, 1.165) is 0 Å². The fourth-order valence-corrected chi connectivity index (χ4v) is 26.7. The van der Waals surface area contributed by atoms with Gasteiger partial charge >= 0.3 is 233 Å². The summed E-state index contributed by atoms with van der Waals surface area (Å²) in [5, 5.41) is 10.2. The van der Waals surface area contributed by atoms with Gasteiger partial charge in [-0.05, 0) is 0 Å². The van der Waals surface area contributed by atoms with E-state index in [2.05, 4.69) is 81.4 Å². The Morgan fingerprint density at radius 2 is 1.32 bits per heavy atom. The molecule has 0 radical (unpaired) electrons. The second-order valence-electron chi connectivity index (χ2n) is 10.8. The third kappa shape index (κ3) is 5.80. The first-order valence-corrected chi connectivity index (χ1v) is 22.5. The average molecular weight is 624 g/mol. The second-order valence-corrected chi connectivity index (χ2v) is 26.1. The predicted molar refractivity (Wildman–Crippen MR) is 161 cm³/mol. The fraction of sp³-hybridized carbons (Fsp3) is 0.469. The Morgan fingerprint density at radius 1 is 0.838 bits per heavy atom. The summed E-state index contributed by atoms with van der Waals surface area (Å²) < 4.78 is 5.96. The van der Waals surface area contributed by atoms with Crippen LogP contribution in [0.5, 0.6) is 0 Å². The Kier molecular flexibility index (Phi) is 9.79. The topological polar surface area (TPSA) is 40.5 Å². The molecule has 1 amide bonds. The molecule has 1 aliphatic carbocycles. The zero-order chi connectivity index (χ0) is 26.4. The number of amides is 1. The number of rotatable bonds is 13. The van der Waals surface area contributed by atoms with Gasteiger partial charge < -0.3 is 0 Å². The summed E-state index contributed by atoms with van der Waals surface area (Å²) >= 11 is -0.629. The van der Waals surface area contributed by atoms with Crippen molar-refractivity contribution in [2.75, 3.05) is 7.05 Å². The summed E-state index contributed by atoms with van der Waals surface area (Å²) in [6.45, 7) is 6.97. The number of carbonyl (C=O) groups is 1. The molecule has 1 N–H and O–H groups in total. The average Bonchev–Trinajstić information content (AvgIpc) is 3.53. The van der Waals surface area contributed by atoms with E-state index in [4.69, 9.17) is 0 Å². The van der Waals surface area contributed by atoms with Crippen LogP contribution in [-0.2, 0) is 0 Å². The summed E-state index contributed by atoms with van der Waals surface area (Å²) in [6, 6.07) is 21.7. The quantitative estimate of drug-likeness (QED) is 0.193. The normalized spacial score (nSPS) is 13.8. The van der Waals surface area contributed by atoms with E-state index >= 15 is 0 Å². The Bertz CT molecular complexity index is 1120. The van der Waals surface area contributed by atoms with E-state index < -0.39 is 24.5 Å². The SMILES string of the molecule is CCC[CH2][Sn]([CH2]CCC)([CH2]CCC)[c]1ccc(C(C2c3ccccc3-c3ccccc32)N(C)C(=O)O)s1. The van der Waals surface area contributed by atoms with E-state index in [1.54, 1.807) is 14.8 Å². The molecule has 3 nitrogen and oxygen atoms in total. The molecule has 0 aliphatic heterocycles. The molecule has 1 atom stereocenters. The molecule has 1 unspecified atom stereocenters. The van der Waals surface area contributed by atoms with Crippen molar-refractivity contribution in [2.45, 2.75) is 84.6 Å². The summed E-state index contributed by atoms with van der Waals surface area (Å²) in [5.74, 6) is 0.00604. The molecule has 1 aliphatic rings. The first kappa shape index (κ1) is 28.2. The van der Waals surface area contributed by atoms with Crippen LogP contribution in [0.2, 0.25) is 13.3 Å². The van der Waals surface area contributed by atoms with Crippen LogP contribution in [0, 0.1) is 0 Å². The van der Waals surface area contributed by atoms with Gasteiger partial charge in [0.1, 0.15) is 0 Å². The molecule has 2 aromatic carbocycles. The van der Waals surface area contributed by atoms with E-state index in [1.807, 2.05) is 11.3 Å². The van der Waals surface area contributed by atoms with Gasteiger partial charge in [0.15, 0.2) is 0 Å². The molecule has 1 aromatic heterocycles. The van der Waals surface area contributed by atoms with Crippen LogP contribution in [0.4, 0.5) is 4.79 Å². The maximum absolute atomic E-state index is 12.5. The van der Waals surface area contributed by atoms with Crippen molar-refractivity contribution in [1.82, 2.24) is 4.90 Å². The van der Waals surface area contributed by atoms with E-state index in [9.17, 15) is 9.90 Å². The molecule has 0 saturated carbocycles. The Balaban J connectivity index is 1.82. The Hall–Kier alpha value is -1.79. The molecule has 0 spiro atoms. The van der Waals surface area contributed by atoms with Gasteiger partial charge in [-0.15, -0.1) is 0 Å². The summed E-state index contributed by atoms with van der Waals surface area (Å²) in [4.78, 5) is 15.2. The number of benzene rings is 2. The Morgan fingerprint density at radius 3 is 1.78 bits per heavy atom. The minimum absolute atomic E-state index is 0.00604. The molecular formula is C32H43NO2SSn. The number of carboxylic acid groups (broad SMARTS) is 1. The van der Waals surface area contributed by atoms with Crippen LogP contribution >= 0.6 is 11.3 Å². The summed E-state index contributed by atoms with van der Waals surface area (Å²) in [6.07, 6.45) is 6.91. The third-order valence-electron chi connectivity index (χ3n) is 8.38. The molecule has 1 heterocycles. The van der Waals surface area contributed by atoms with Gasteiger partial charge in [-0.3, -0.25) is 0 Å². The molecule has 0 saturated heterocycles. The second kappa shape index (κ2) is 12.8. The first-order valence-electron chi connectivity index (χ1n) is 14.2. The number of hydrogen-bond donors (Lipinski definition) is 1. The van der Waals surface area contributed by atoms with Crippen LogP contribution < -0.4 is 2.89 Å².